The molecule has 37 heavy (non-hydrogen) atoms. The Balaban J connectivity index is 1.56. The Bertz CT molecular complexity index is 1260. The van der Waals surface area contributed by atoms with Gasteiger partial charge in [0.2, 0.25) is 5.91 Å². The molecule has 0 bridgehead atoms. The Morgan fingerprint density at radius 3 is 2.70 bits per heavy atom. The summed E-state index contributed by atoms with van der Waals surface area (Å²) < 4.78 is 20.7. The molecule has 7 heteroatoms. The Labute approximate surface area is 222 Å². The van der Waals surface area contributed by atoms with Crippen LogP contribution in [0.4, 0.5) is 4.39 Å². The Hall–Kier alpha value is -3.19. The minimum atomic E-state index is -0.574. The van der Waals surface area contributed by atoms with Crippen molar-refractivity contribution in [2.24, 2.45) is 5.92 Å². The predicted molar refractivity (Wildman–Crippen MR) is 146 cm³/mol. The highest BCUT2D eigenvalue weighted by molar-refractivity contribution is 7.10. The maximum atomic E-state index is 14.5. The minimum absolute atomic E-state index is 0.00732. The van der Waals surface area contributed by atoms with Gasteiger partial charge in [0, 0.05) is 18.0 Å². The largest absolute Gasteiger partial charge is 0.491 e. The maximum absolute atomic E-state index is 14.5. The van der Waals surface area contributed by atoms with Crippen LogP contribution in [0.5, 0.6) is 5.75 Å². The fourth-order valence-electron chi connectivity index (χ4n) is 4.79. The molecule has 0 N–H and O–H groups in total. The number of thiophene rings is 1. The summed E-state index contributed by atoms with van der Waals surface area (Å²) in [6.07, 6.45) is 1.62. The van der Waals surface area contributed by atoms with Gasteiger partial charge >= 0.3 is 0 Å². The molecule has 5 nitrogen and oxygen atoms in total. The van der Waals surface area contributed by atoms with E-state index in [9.17, 15) is 14.0 Å². The number of amides is 2. The summed E-state index contributed by atoms with van der Waals surface area (Å²) >= 11 is 1.70. The van der Waals surface area contributed by atoms with Crippen LogP contribution in [-0.4, -0.2) is 47.9 Å². The quantitative estimate of drug-likeness (QED) is 0.336. The lowest BCUT2D eigenvalue weighted by molar-refractivity contribution is -0.135. The molecule has 1 aliphatic heterocycles. The molecular weight excluding hydrogens is 487 g/mol. The number of aryl methyl sites for hydroxylation is 2. The van der Waals surface area contributed by atoms with Gasteiger partial charge < -0.3 is 14.5 Å². The summed E-state index contributed by atoms with van der Waals surface area (Å²) in [6.45, 7) is 9.30. The van der Waals surface area contributed by atoms with Crippen molar-refractivity contribution in [3.63, 3.8) is 0 Å². The number of nitrogens with zero attached hydrogens (tertiary/aromatic N) is 2. The lowest BCUT2D eigenvalue weighted by Gasteiger charge is -2.37. The van der Waals surface area contributed by atoms with Crippen LogP contribution in [0.1, 0.15) is 58.2 Å². The highest BCUT2D eigenvalue weighted by Crippen LogP contribution is 2.34. The van der Waals surface area contributed by atoms with Crippen LogP contribution in [0, 0.1) is 25.6 Å². The summed E-state index contributed by atoms with van der Waals surface area (Å²) in [5, 5.41) is 2.06. The third-order valence-corrected chi connectivity index (χ3v) is 8.09. The number of benzene rings is 2. The number of carbonyl (C=O) groups is 2. The molecule has 0 radical (unpaired) electrons. The van der Waals surface area contributed by atoms with Crippen molar-refractivity contribution in [1.82, 2.24) is 9.80 Å². The van der Waals surface area contributed by atoms with E-state index in [0.717, 1.165) is 29.7 Å². The molecule has 2 amide bonds. The molecule has 3 aromatic rings. The van der Waals surface area contributed by atoms with E-state index in [1.807, 2.05) is 44.7 Å². The molecule has 0 fully saturated rings. The van der Waals surface area contributed by atoms with Gasteiger partial charge in [-0.2, -0.15) is 0 Å². The molecule has 0 spiro atoms. The van der Waals surface area contributed by atoms with Crippen LogP contribution in [0.3, 0.4) is 0 Å². The lowest BCUT2D eigenvalue weighted by atomic mass is 10.00. The zero-order chi connectivity index (χ0) is 26.5. The topological polar surface area (TPSA) is 49.9 Å². The Morgan fingerprint density at radius 1 is 1.19 bits per heavy atom. The molecule has 4 rings (SSSR count). The maximum Gasteiger partial charge on any atom is 0.257 e. The summed E-state index contributed by atoms with van der Waals surface area (Å²) in [6, 6.07) is 13.8. The molecular formula is C30H35FN2O3S. The van der Waals surface area contributed by atoms with E-state index in [2.05, 4.69) is 17.5 Å². The molecule has 0 aliphatic carbocycles. The molecule has 2 aromatic carbocycles. The number of carbonyl (C=O) groups excluding carboxylic acids is 2. The van der Waals surface area contributed by atoms with Crippen LogP contribution in [-0.2, 0) is 11.2 Å². The molecule has 0 unspecified atom stereocenters. The predicted octanol–water partition coefficient (Wildman–Crippen LogP) is 6.20. The molecule has 1 aromatic heterocycles. The van der Waals surface area contributed by atoms with Crippen LogP contribution in [0.2, 0.25) is 0 Å². The van der Waals surface area contributed by atoms with Crippen molar-refractivity contribution < 1.29 is 18.7 Å². The minimum Gasteiger partial charge on any atom is -0.491 e. The third kappa shape index (κ3) is 6.21. The standard InChI is InChI=1S/C30H35FN2O3S/c1-5-20(2)17-32(30(35)23-8-6-7-9-25(23)31)18-29(34)33-14-12-28-24(13-15-37-28)26(33)19-36-27-11-10-21(3)16-22(27)4/h6-11,13,15-16,20,26H,5,12,14,17-19H2,1-4H3/t20-,26-/m0/s1. The summed E-state index contributed by atoms with van der Waals surface area (Å²) in [5.41, 5.74) is 3.31. The first-order chi connectivity index (χ1) is 17.8. The number of halogens is 1. The number of ether oxygens (including phenoxy) is 1. The summed E-state index contributed by atoms with van der Waals surface area (Å²) in [7, 11) is 0. The molecule has 196 valence electrons. The van der Waals surface area contributed by atoms with Crippen molar-refractivity contribution in [1.29, 1.82) is 0 Å². The second-order valence-corrected chi connectivity index (χ2v) is 10.9. The number of hydrogen-bond donors (Lipinski definition) is 0. The number of hydrogen-bond acceptors (Lipinski definition) is 4. The Morgan fingerprint density at radius 2 is 1.97 bits per heavy atom. The fraction of sp³-hybridized carbons (Fsp3) is 0.400. The zero-order valence-corrected chi connectivity index (χ0v) is 22.8. The fourth-order valence-corrected chi connectivity index (χ4v) is 5.72. The van der Waals surface area contributed by atoms with Crippen LogP contribution < -0.4 is 4.74 Å². The smallest absolute Gasteiger partial charge is 0.257 e. The average Bonchev–Trinajstić information content (AvgIpc) is 3.36. The van der Waals surface area contributed by atoms with Crippen LogP contribution in [0.25, 0.3) is 0 Å². The lowest BCUT2D eigenvalue weighted by Crippen LogP contribution is -2.48. The molecule has 2 atom stereocenters. The number of rotatable bonds is 9. The van der Waals surface area contributed by atoms with E-state index in [-0.39, 0.29) is 30.0 Å². The second-order valence-electron chi connectivity index (χ2n) is 9.91. The number of fused-ring (bicyclic) bond motifs is 1. The molecule has 0 saturated carbocycles. The van der Waals surface area contributed by atoms with Gasteiger partial charge in [0.05, 0.1) is 11.6 Å². The van der Waals surface area contributed by atoms with Gasteiger partial charge in [-0.15, -0.1) is 11.3 Å². The van der Waals surface area contributed by atoms with Gasteiger partial charge in [0.15, 0.2) is 0 Å². The van der Waals surface area contributed by atoms with Gasteiger partial charge in [-0.05, 0) is 67.0 Å². The Kier molecular flexibility index (Phi) is 8.64. The average molecular weight is 523 g/mol. The van der Waals surface area contributed by atoms with E-state index in [1.165, 1.54) is 27.5 Å². The highest BCUT2D eigenvalue weighted by atomic mass is 32.1. The monoisotopic (exact) mass is 522 g/mol. The van der Waals surface area contributed by atoms with E-state index < -0.39 is 11.7 Å². The van der Waals surface area contributed by atoms with Crippen molar-refractivity contribution in [3.05, 3.63) is 86.9 Å². The summed E-state index contributed by atoms with van der Waals surface area (Å²) in [4.78, 5) is 31.7. The van der Waals surface area contributed by atoms with E-state index in [1.54, 1.807) is 23.5 Å². The van der Waals surface area contributed by atoms with Crippen LogP contribution >= 0.6 is 11.3 Å². The zero-order valence-electron chi connectivity index (χ0n) is 22.0. The van der Waals surface area contributed by atoms with E-state index in [0.29, 0.717) is 19.7 Å². The second kappa shape index (κ2) is 11.9. The van der Waals surface area contributed by atoms with Crippen LogP contribution in [0.15, 0.2) is 53.9 Å². The van der Waals surface area contributed by atoms with Gasteiger partial charge in [0.1, 0.15) is 24.7 Å². The first kappa shape index (κ1) is 26.9. The van der Waals surface area contributed by atoms with Crippen molar-refractivity contribution in [2.75, 3.05) is 26.2 Å². The SMILES string of the molecule is CC[C@H](C)CN(CC(=O)N1CCc2sccc2[C@@H]1COc1ccc(C)cc1C)C(=O)c1ccccc1F. The third-order valence-electron chi connectivity index (χ3n) is 7.09. The normalized spacial score (nSPS) is 15.7. The molecule has 1 aliphatic rings. The van der Waals surface area contributed by atoms with E-state index in [4.69, 9.17) is 4.74 Å². The van der Waals surface area contributed by atoms with Crippen molar-refractivity contribution in [3.8, 4) is 5.75 Å². The van der Waals surface area contributed by atoms with E-state index >= 15 is 0 Å². The highest BCUT2D eigenvalue weighted by Gasteiger charge is 2.34. The molecule has 0 saturated heterocycles. The molecule has 2 heterocycles. The van der Waals surface area contributed by atoms with Crippen molar-refractivity contribution in [2.45, 2.75) is 46.6 Å². The first-order valence-corrected chi connectivity index (χ1v) is 13.8. The summed E-state index contributed by atoms with van der Waals surface area (Å²) in [5.74, 6) is -0.206. The van der Waals surface area contributed by atoms with Crippen molar-refractivity contribution >= 4 is 23.2 Å². The van der Waals surface area contributed by atoms with Gasteiger partial charge in [-0.3, -0.25) is 9.59 Å². The van der Waals surface area contributed by atoms with Gasteiger partial charge in [-0.25, -0.2) is 4.39 Å². The first-order valence-electron chi connectivity index (χ1n) is 12.9. The van der Waals surface area contributed by atoms with Gasteiger partial charge in [0.25, 0.3) is 5.91 Å². The van der Waals surface area contributed by atoms with Gasteiger partial charge in [-0.1, -0.05) is 50.1 Å².